The minimum absolute atomic E-state index is 0.149. The van der Waals surface area contributed by atoms with Crippen LogP contribution in [0.15, 0.2) is 12.1 Å². The summed E-state index contributed by atoms with van der Waals surface area (Å²) in [6, 6.07) is 3.32. The number of hydrogen-bond acceptors (Lipinski definition) is 6. The summed E-state index contributed by atoms with van der Waals surface area (Å²) in [5.74, 6) is -2.23. The van der Waals surface area contributed by atoms with E-state index < -0.39 is 18.1 Å². The van der Waals surface area contributed by atoms with Crippen molar-refractivity contribution in [3.05, 3.63) is 28.8 Å². The fraction of sp³-hybridized carbons (Fsp3) is 0.438. The maximum atomic E-state index is 12.0. The first-order valence-corrected chi connectivity index (χ1v) is 10.2. The van der Waals surface area contributed by atoms with Crippen molar-refractivity contribution in [3.63, 3.8) is 0 Å². The number of carboxylic acid groups (broad SMARTS) is 2. The molecule has 0 aliphatic rings. The minimum atomic E-state index is -5.08. The molecule has 0 saturated carbocycles. The maximum absolute atomic E-state index is 12.0. The molecule has 0 atom stereocenters. The monoisotopic (exact) mass is 443 g/mol. The van der Waals surface area contributed by atoms with Gasteiger partial charge in [-0.25, -0.2) is 4.79 Å². The molecule has 0 unspecified atom stereocenters. The molecule has 28 heavy (non-hydrogen) atoms. The van der Waals surface area contributed by atoms with Gasteiger partial charge >= 0.3 is 18.1 Å². The Morgan fingerprint density at radius 3 is 1.93 bits per heavy atom. The van der Waals surface area contributed by atoms with E-state index in [4.69, 9.17) is 15.0 Å². The molecule has 4 N–H and O–H groups in total. The number of phenolic OH excluding ortho intramolecular Hbond substituents is 1. The summed E-state index contributed by atoms with van der Waals surface area (Å²) >= 11 is 0. The number of carbonyl (C=O) groups is 3. The predicted molar refractivity (Wildman–Crippen MR) is 101 cm³/mol. The third-order valence-corrected chi connectivity index (χ3v) is 5.36. The fourth-order valence-corrected chi connectivity index (χ4v) is 3.53. The average molecular weight is 443 g/mol. The lowest BCUT2D eigenvalue weighted by Crippen LogP contribution is -2.25. The number of benzene rings is 1. The molecule has 0 aromatic heterocycles. The zero-order chi connectivity index (χ0) is 21.9. The number of hydrogen-bond donors (Lipinski definition) is 4. The van der Waals surface area contributed by atoms with E-state index in [0.29, 0.717) is 34.7 Å². The number of carbonyl (C=O) groups excluding carboxylic acids is 1. The molecule has 7 nitrogen and oxygen atoms in total. The highest BCUT2D eigenvalue weighted by Gasteiger charge is 2.38. The van der Waals surface area contributed by atoms with E-state index in [9.17, 15) is 27.9 Å². The number of amides is 1. The van der Waals surface area contributed by atoms with E-state index in [1.807, 2.05) is 0 Å². The molecule has 158 valence electrons. The first-order valence-electron chi connectivity index (χ1n) is 7.71. The second kappa shape index (κ2) is 12.4. The molecule has 0 aliphatic carbocycles. The van der Waals surface area contributed by atoms with Crippen LogP contribution in [0.4, 0.5) is 13.2 Å². The summed E-state index contributed by atoms with van der Waals surface area (Å²) in [5, 5.41) is 28.1. The van der Waals surface area contributed by atoms with E-state index in [1.165, 1.54) is 21.6 Å². The van der Waals surface area contributed by atoms with Gasteiger partial charge < -0.3 is 20.6 Å². The lowest BCUT2D eigenvalue weighted by Gasteiger charge is -2.08. The fourth-order valence-electron chi connectivity index (χ4n) is 1.64. The van der Waals surface area contributed by atoms with E-state index in [-0.39, 0.29) is 18.1 Å². The van der Waals surface area contributed by atoms with Crippen molar-refractivity contribution in [2.75, 3.05) is 18.1 Å². The Labute approximate surface area is 167 Å². The second-order valence-electron chi connectivity index (χ2n) is 5.31. The van der Waals surface area contributed by atoms with Crippen molar-refractivity contribution in [1.29, 1.82) is 0 Å². The van der Waals surface area contributed by atoms with Crippen molar-refractivity contribution in [3.8, 4) is 5.75 Å². The second-order valence-corrected chi connectivity index (χ2v) is 8.01. The number of aromatic hydroxyl groups is 1. The van der Waals surface area contributed by atoms with Gasteiger partial charge in [-0.15, -0.1) is 0 Å². The van der Waals surface area contributed by atoms with Crippen LogP contribution in [0.2, 0.25) is 0 Å². The Morgan fingerprint density at radius 1 is 1.04 bits per heavy atom. The molecule has 1 aromatic rings. The van der Waals surface area contributed by atoms with Gasteiger partial charge in [-0.3, -0.25) is 9.59 Å². The van der Waals surface area contributed by atoms with Gasteiger partial charge in [-0.2, -0.15) is 13.2 Å². The largest absolute Gasteiger partial charge is 0.507 e. The third kappa shape index (κ3) is 10.9. The molecular weight excluding hydrogens is 423 g/mol. The van der Waals surface area contributed by atoms with E-state index >= 15 is 0 Å². The van der Waals surface area contributed by atoms with Gasteiger partial charge in [0.05, 0.1) is 6.42 Å². The number of aliphatic carboxylic acids is 2. The van der Waals surface area contributed by atoms with Crippen LogP contribution in [0.3, 0.4) is 0 Å². The maximum Gasteiger partial charge on any atom is 0.490 e. The quantitative estimate of drug-likeness (QED) is 0.357. The number of halogens is 3. The molecule has 0 bridgehead atoms. The summed E-state index contributed by atoms with van der Waals surface area (Å²) in [6.07, 6.45) is -4.93. The molecule has 0 saturated heterocycles. The predicted octanol–water partition coefficient (Wildman–Crippen LogP) is 3.23. The lowest BCUT2D eigenvalue weighted by molar-refractivity contribution is -0.192. The molecule has 0 radical (unpaired) electrons. The van der Waals surface area contributed by atoms with Gasteiger partial charge in [0.1, 0.15) is 5.75 Å². The smallest absolute Gasteiger partial charge is 0.490 e. The molecule has 0 aliphatic heterocycles. The van der Waals surface area contributed by atoms with Crippen LogP contribution >= 0.6 is 21.6 Å². The number of rotatable bonds is 8. The molecule has 1 aromatic carbocycles. The highest BCUT2D eigenvalue weighted by atomic mass is 33.1. The van der Waals surface area contributed by atoms with Crippen LogP contribution < -0.4 is 5.32 Å². The Balaban J connectivity index is 0.000000887. The lowest BCUT2D eigenvalue weighted by atomic mass is 10.1. The standard InChI is InChI=1S/C14H19NO4S2.C2HF3O2/c1-9-7-11(8-10(2)13(9)18)14(19)15-4-6-21-20-5-3-12(16)17;3-2(4,5)1(6)7/h7-8,18H,3-6H2,1-2H3,(H,15,19)(H,16,17);(H,6,7). The first kappa shape index (κ1) is 25.9. The van der Waals surface area contributed by atoms with Crippen LogP contribution in [-0.2, 0) is 9.59 Å². The van der Waals surface area contributed by atoms with Gasteiger partial charge in [-0.05, 0) is 37.1 Å². The molecular formula is C16H20F3NO6S2. The highest BCUT2D eigenvalue weighted by molar-refractivity contribution is 8.76. The molecule has 0 heterocycles. The topological polar surface area (TPSA) is 124 Å². The minimum Gasteiger partial charge on any atom is -0.507 e. The van der Waals surface area contributed by atoms with E-state index in [0.717, 1.165) is 0 Å². The van der Waals surface area contributed by atoms with Crippen molar-refractivity contribution >= 4 is 39.4 Å². The van der Waals surface area contributed by atoms with Gasteiger partial charge in [0.15, 0.2) is 0 Å². The number of aryl methyl sites for hydroxylation is 2. The van der Waals surface area contributed by atoms with Gasteiger partial charge in [-0.1, -0.05) is 21.6 Å². The summed E-state index contributed by atoms with van der Waals surface area (Å²) in [4.78, 5) is 31.2. The molecule has 0 fully saturated rings. The Kier molecular flexibility index (Phi) is 11.5. The number of alkyl halides is 3. The number of phenols is 1. The average Bonchev–Trinajstić information content (AvgIpc) is 2.57. The van der Waals surface area contributed by atoms with Gasteiger partial charge in [0.25, 0.3) is 5.91 Å². The number of nitrogens with one attached hydrogen (secondary N) is 1. The van der Waals surface area contributed by atoms with Crippen LogP contribution in [0, 0.1) is 13.8 Å². The zero-order valence-electron chi connectivity index (χ0n) is 15.0. The van der Waals surface area contributed by atoms with Crippen LogP contribution in [0.1, 0.15) is 27.9 Å². The highest BCUT2D eigenvalue weighted by Crippen LogP contribution is 2.23. The Morgan fingerprint density at radius 2 is 1.50 bits per heavy atom. The molecule has 12 heteroatoms. The first-order chi connectivity index (χ1) is 12.9. The summed E-state index contributed by atoms with van der Waals surface area (Å²) in [6.45, 7) is 4.03. The molecule has 0 spiro atoms. The van der Waals surface area contributed by atoms with E-state index in [2.05, 4.69) is 5.32 Å². The normalized spacial score (nSPS) is 10.6. The summed E-state index contributed by atoms with van der Waals surface area (Å²) in [5.41, 5.74) is 1.89. The van der Waals surface area contributed by atoms with E-state index in [1.54, 1.807) is 26.0 Å². The van der Waals surface area contributed by atoms with Crippen molar-refractivity contribution in [2.24, 2.45) is 0 Å². The SMILES string of the molecule is Cc1cc(C(=O)NCCSSCCC(=O)O)cc(C)c1O.O=C(O)C(F)(F)F. The van der Waals surface area contributed by atoms with Crippen molar-refractivity contribution in [1.82, 2.24) is 5.32 Å². The van der Waals surface area contributed by atoms with Crippen LogP contribution in [-0.4, -0.2) is 57.4 Å². The third-order valence-electron chi connectivity index (χ3n) is 2.95. The summed E-state index contributed by atoms with van der Waals surface area (Å²) in [7, 11) is 3.03. The van der Waals surface area contributed by atoms with Crippen LogP contribution in [0.25, 0.3) is 0 Å². The molecule has 1 rings (SSSR count). The Hall–Kier alpha value is -2.08. The van der Waals surface area contributed by atoms with Crippen LogP contribution in [0.5, 0.6) is 5.75 Å². The zero-order valence-corrected chi connectivity index (χ0v) is 16.6. The van der Waals surface area contributed by atoms with Gasteiger partial charge in [0.2, 0.25) is 0 Å². The Bertz CT molecular complexity index is 674. The van der Waals surface area contributed by atoms with Gasteiger partial charge in [0, 0.05) is 23.6 Å². The van der Waals surface area contributed by atoms with Crippen molar-refractivity contribution in [2.45, 2.75) is 26.4 Å². The number of carboxylic acids is 2. The van der Waals surface area contributed by atoms with Crippen molar-refractivity contribution < 1.29 is 42.9 Å². The molecule has 1 amide bonds. The summed E-state index contributed by atoms with van der Waals surface area (Å²) < 4.78 is 31.7.